The van der Waals surface area contributed by atoms with Crippen molar-refractivity contribution in [3.63, 3.8) is 0 Å². The van der Waals surface area contributed by atoms with Crippen LogP contribution in [0.4, 0.5) is 5.69 Å². The Hall–Kier alpha value is -1.48. The van der Waals surface area contributed by atoms with Crippen molar-refractivity contribution in [2.75, 3.05) is 64.8 Å². The number of carbonyl (C=O) groups excluding carboxylic acids is 1. The number of benzene rings is 1. The molecule has 0 saturated carbocycles. The molecule has 2 heterocycles. The average Bonchev–Trinajstić information content (AvgIpc) is 3.03. The summed E-state index contributed by atoms with van der Waals surface area (Å²) in [5.41, 5.74) is 1.77. The van der Waals surface area contributed by atoms with Crippen molar-refractivity contribution in [2.45, 2.75) is 18.2 Å². The predicted molar refractivity (Wildman–Crippen MR) is 102 cm³/mol. The van der Waals surface area contributed by atoms with Crippen LogP contribution < -0.4 is 4.90 Å². The highest BCUT2D eigenvalue weighted by molar-refractivity contribution is 7.89. The van der Waals surface area contributed by atoms with Gasteiger partial charge in [0.1, 0.15) is 0 Å². The molecule has 7 nitrogen and oxygen atoms in total. The Morgan fingerprint density at radius 1 is 1.12 bits per heavy atom. The summed E-state index contributed by atoms with van der Waals surface area (Å²) < 4.78 is 27.6. The molecule has 8 heteroatoms. The predicted octanol–water partition coefficient (Wildman–Crippen LogP) is 0.464. The lowest BCUT2D eigenvalue weighted by Crippen LogP contribution is -2.49. The van der Waals surface area contributed by atoms with Crippen molar-refractivity contribution in [2.24, 2.45) is 0 Å². The van der Waals surface area contributed by atoms with Gasteiger partial charge in [-0.3, -0.25) is 9.69 Å². The fraction of sp³-hybridized carbons (Fsp3) is 0.611. The molecule has 1 saturated heterocycles. The van der Waals surface area contributed by atoms with Gasteiger partial charge in [0.25, 0.3) is 0 Å². The summed E-state index contributed by atoms with van der Waals surface area (Å²) in [6, 6.07) is 5.14. The lowest BCUT2D eigenvalue weighted by atomic mass is 10.2. The maximum Gasteiger partial charge on any atom is 0.243 e. The van der Waals surface area contributed by atoms with E-state index >= 15 is 0 Å². The normalized spacial score (nSPS) is 19.2. The second-order valence-electron chi connectivity index (χ2n) is 7.26. The zero-order valence-corrected chi connectivity index (χ0v) is 16.6. The summed E-state index contributed by atoms with van der Waals surface area (Å²) in [5.74, 6) is -0.00629. The number of anilines is 1. The van der Waals surface area contributed by atoms with Gasteiger partial charge in [0, 0.05) is 58.4 Å². The molecule has 0 aliphatic carbocycles. The van der Waals surface area contributed by atoms with E-state index in [4.69, 9.17) is 0 Å². The molecule has 0 radical (unpaired) electrons. The van der Waals surface area contributed by atoms with Crippen LogP contribution in [0.1, 0.15) is 12.5 Å². The first kappa shape index (κ1) is 19.3. The maximum atomic E-state index is 13.0. The molecular formula is C18H28N4O3S. The standard InChI is InChI=1S/C18H28N4O3S/c1-15(23)22-7-6-16-14-17(4-5-18(16)22)26(24,25)21-12-10-20(11-13-21)9-8-19(2)3/h4-5,14H,6-13H2,1-3H3. The molecule has 2 aliphatic rings. The summed E-state index contributed by atoms with van der Waals surface area (Å²) in [7, 11) is 0.604. The van der Waals surface area contributed by atoms with E-state index in [0.29, 0.717) is 31.0 Å². The van der Waals surface area contributed by atoms with Crippen molar-refractivity contribution in [3.8, 4) is 0 Å². The van der Waals surface area contributed by atoms with Crippen molar-refractivity contribution in [1.29, 1.82) is 0 Å². The molecule has 0 atom stereocenters. The van der Waals surface area contributed by atoms with Crippen LogP contribution >= 0.6 is 0 Å². The molecule has 1 aromatic carbocycles. The van der Waals surface area contributed by atoms with E-state index in [2.05, 4.69) is 9.80 Å². The lowest BCUT2D eigenvalue weighted by molar-refractivity contribution is -0.116. The number of likely N-dealkylation sites (N-methyl/N-ethyl adjacent to an activating group) is 1. The Kier molecular flexibility index (Phi) is 5.67. The van der Waals surface area contributed by atoms with Gasteiger partial charge in [-0.05, 0) is 44.3 Å². The minimum absolute atomic E-state index is 0.00629. The van der Waals surface area contributed by atoms with E-state index < -0.39 is 10.0 Å². The summed E-state index contributed by atoms with van der Waals surface area (Å²) >= 11 is 0. The summed E-state index contributed by atoms with van der Waals surface area (Å²) in [5, 5.41) is 0. The fourth-order valence-electron chi connectivity index (χ4n) is 3.55. The Labute approximate surface area is 156 Å². The van der Waals surface area contributed by atoms with Gasteiger partial charge in [0.2, 0.25) is 15.9 Å². The van der Waals surface area contributed by atoms with Crippen LogP contribution in [0.3, 0.4) is 0 Å². The van der Waals surface area contributed by atoms with Crippen LogP contribution in [0.5, 0.6) is 0 Å². The topological polar surface area (TPSA) is 64.2 Å². The fourth-order valence-corrected chi connectivity index (χ4v) is 5.02. The molecular weight excluding hydrogens is 352 g/mol. The smallest absolute Gasteiger partial charge is 0.243 e. The molecule has 0 N–H and O–H groups in total. The average molecular weight is 381 g/mol. The zero-order chi connectivity index (χ0) is 18.9. The minimum atomic E-state index is -3.48. The Morgan fingerprint density at radius 2 is 1.81 bits per heavy atom. The molecule has 1 amide bonds. The molecule has 0 aromatic heterocycles. The molecule has 1 aromatic rings. The number of carbonyl (C=O) groups is 1. The van der Waals surface area contributed by atoms with Gasteiger partial charge in [0.15, 0.2) is 0 Å². The molecule has 0 bridgehead atoms. The summed E-state index contributed by atoms with van der Waals surface area (Å²) in [4.78, 5) is 18.1. The van der Waals surface area contributed by atoms with Crippen molar-refractivity contribution in [1.82, 2.24) is 14.1 Å². The van der Waals surface area contributed by atoms with Gasteiger partial charge in [-0.15, -0.1) is 0 Å². The molecule has 0 spiro atoms. The quantitative estimate of drug-likeness (QED) is 0.743. The third kappa shape index (κ3) is 3.93. The molecule has 2 aliphatic heterocycles. The molecule has 0 unspecified atom stereocenters. The molecule has 144 valence electrons. The highest BCUT2D eigenvalue weighted by Gasteiger charge is 2.30. The monoisotopic (exact) mass is 380 g/mol. The molecule has 26 heavy (non-hydrogen) atoms. The van der Waals surface area contributed by atoms with Gasteiger partial charge in [-0.2, -0.15) is 4.31 Å². The number of piperazine rings is 1. The number of fused-ring (bicyclic) bond motifs is 1. The van der Waals surface area contributed by atoms with E-state index in [1.807, 2.05) is 14.1 Å². The second-order valence-corrected chi connectivity index (χ2v) is 9.20. The van der Waals surface area contributed by atoms with Crippen LogP contribution in [-0.4, -0.2) is 88.3 Å². The highest BCUT2D eigenvalue weighted by atomic mass is 32.2. The Bertz CT molecular complexity index is 771. The third-order valence-corrected chi connectivity index (χ3v) is 7.05. The van der Waals surface area contributed by atoms with E-state index in [0.717, 1.165) is 37.4 Å². The van der Waals surface area contributed by atoms with Gasteiger partial charge in [0.05, 0.1) is 4.90 Å². The molecule has 1 fully saturated rings. The third-order valence-electron chi connectivity index (χ3n) is 5.16. The van der Waals surface area contributed by atoms with Gasteiger partial charge in [-0.1, -0.05) is 0 Å². The molecule has 3 rings (SSSR count). The first-order valence-corrected chi connectivity index (χ1v) is 10.5. The second kappa shape index (κ2) is 7.64. The van der Waals surface area contributed by atoms with Gasteiger partial charge in [-0.25, -0.2) is 8.42 Å². The Balaban J connectivity index is 1.69. The van der Waals surface area contributed by atoms with Crippen LogP contribution in [-0.2, 0) is 21.2 Å². The van der Waals surface area contributed by atoms with Crippen molar-refractivity contribution >= 4 is 21.6 Å². The van der Waals surface area contributed by atoms with E-state index in [1.165, 1.54) is 6.92 Å². The van der Waals surface area contributed by atoms with Crippen LogP contribution in [0, 0.1) is 0 Å². The van der Waals surface area contributed by atoms with Crippen molar-refractivity contribution < 1.29 is 13.2 Å². The minimum Gasteiger partial charge on any atom is -0.312 e. The van der Waals surface area contributed by atoms with Gasteiger partial charge < -0.3 is 9.80 Å². The first-order chi connectivity index (χ1) is 12.3. The first-order valence-electron chi connectivity index (χ1n) is 9.07. The zero-order valence-electron chi connectivity index (χ0n) is 15.8. The number of sulfonamides is 1. The highest BCUT2D eigenvalue weighted by Crippen LogP contribution is 2.31. The Morgan fingerprint density at radius 3 is 2.42 bits per heavy atom. The number of amides is 1. The van der Waals surface area contributed by atoms with Crippen LogP contribution in [0.15, 0.2) is 23.1 Å². The van der Waals surface area contributed by atoms with E-state index in [-0.39, 0.29) is 5.91 Å². The van der Waals surface area contributed by atoms with Crippen molar-refractivity contribution in [3.05, 3.63) is 23.8 Å². The summed E-state index contributed by atoms with van der Waals surface area (Å²) in [6.45, 7) is 6.66. The number of hydrogen-bond donors (Lipinski definition) is 0. The van der Waals surface area contributed by atoms with E-state index in [1.54, 1.807) is 27.4 Å². The number of nitrogens with zero attached hydrogens (tertiary/aromatic N) is 4. The number of hydrogen-bond acceptors (Lipinski definition) is 5. The maximum absolute atomic E-state index is 13.0. The summed E-state index contributed by atoms with van der Waals surface area (Å²) in [6.07, 6.45) is 0.705. The van der Waals surface area contributed by atoms with Gasteiger partial charge >= 0.3 is 0 Å². The lowest BCUT2D eigenvalue weighted by Gasteiger charge is -2.34. The van der Waals surface area contributed by atoms with E-state index in [9.17, 15) is 13.2 Å². The van der Waals surface area contributed by atoms with Crippen LogP contribution in [0.2, 0.25) is 0 Å². The van der Waals surface area contributed by atoms with Crippen LogP contribution in [0.25, 0.3) is 0 Å². The number of rotatable bonds is 5. The SMILES string of the molecule is CC(=O)N1CCc2cc(S(=O)(=O)N3CCN(CCN(C)C)CC3)ccc21. The largest absolute Gasteiger partial charge is 0.312 e.